The number of rotatable bonds is 14. The molecule has 1 aliphatic heterocycles. The van der Waals surface area contributed by atoms with E-state index in [1.165, 1.54) is 24.8 Å². The number of piperazine rings is 1. The van der Waals surface area contributed by atoms with Gasteiger partial charge in [-0.15, -0.1) is 0 Å². The van der Waals surface area contributed by atoms with Gasteiger partial charge >= 0.3 is 0 Å². The third kappa shape index (κ3) is 9.96. The van der Waals surface area contributed by atoms with E-state index in [1.807, 2.05) is 0 Å². The zero-order chi connectivity index (χ0) is 25.0. The van der Waals surface area contributed by atoms with Crippen molar-refractivity contribution in [2.24, 2.45) is 11.8 Å². The van der Waals surface area contributed by atoms with Gasteiger partial charge in [0, 0.05) is 50.7 Å². The van der Waals surface area contributed by atoms with Gasteiger partial charge in [-0.3, -0.25) is 9.80 Å². The molecular formula is C29H55N3O. The summed E-state index contributed by atoms with van der Waals surface area (Å²) in [4.78, 5) is 7.51. The first-order valence-electron chi connectivity index (χ1n) is 13.6. The largest absolute Gasteiger partial charge is 0.512 e. The molecule has 1 fully saturated rings. The summed E-state index contributed by atoms with van der Waals surface area (Å²) in [5.74, 6) is 1.18. The smallest absolute Gasteiger partial charge is 0.0998 e. The van der Waals surface area contributed by atoms with Gasteiger partial charge in [0.25, 0.3) is 0 Å². The van der Waals surface area contributed by atoms with Crippen LogP contribution in [0.5, 0.6) is 0 Å². The molecule has 0 amide bonds. The highest BCUT2D eigenvalue weighted by atomic mass is 16.3. The zero-order valence-corrected chi connectivity index (χ0v) is 23.4. The summed E-state index contributed by atoms with van der Waals surface area (Å²) < 4.78 is 0. The van der Waals surface area contributed by atoms with Crippen LogP contribution in [0, 0.1) is 11.8 Å². The van der Waals surface area contributed by atoms with Crippen LogP contribution in [0.25, 0.3) is 0 Å². The predicted molar refractivity (Wildman–Crippen MR) is 146 cm³/mol. The van der Waals surface area contributed by atoms with Crippen molar-refractivity contribution in [1.29, 1.82) is 0 Å². The Bertz CT molecular complexity index is 629. The van der Waals surface area contributed by atoms with Crippen LogP contribution < -0.4 is 0 Å². The molecule has 33 heavy (non-hydrogen) atoms. The van der Waals surface area contributed by atoms with Crippen LogP contribution in [-0.2, 0) is 0 Å². The summed E-state index contributed by atoms with van der Waals surface area (Å²) in [5.41, 5.74) is 2.49. The molecule has 4 atom stereocenters. The lowest BCUT2D eigenvalue weighted by Crippen LogP contribution is -2.54. The van der Waals surface area contributed by atoms with E-state index in [-0.39, 0.29) is 12.0 Å². The lowest BCUT2D eigenvalue weighted by atomic mass is 9.87. The molecule has 0 aromatic heterocycles. The van der Waals surface area contributed by atoms with Crippen LogP contribution in [0.15, 0.2) is 35.1 Å². The molecule has 1 heterocycles. The second-order valence-corrected chi connectivity index (χ2v) is 10.5. The van der Waals surface area contributed by atoms with E-state index in [4.69, 9.17) is 0 Å². The monoisotopic (exact) mass is 461 g/mol. The first kappa shape index (κ1) is 29.9. The molecule has 1 rings (SSSR count). The maximum Gasteiger partial charge on any atom is 0.0998 e. The second-order valence-electron chi connectivity index (χ2n) is 10.5. The van der Waals surface area contributed by atoms with Crippen molar-refractivity contribution in [3.63, 3.8) is 0 Å². The molecule has 0 aromatic carbocycles. The van der Waals surface area contributed by atoms with Crippen LogP contribution in [0.2, 0.25) is 0 Å². The van der Waals surface area contributed by atoms with E-state index in [9.17, 15) is 5.11 Å². The molecule has 0 aromatic rings. The van der Waals surface area contributed by atoms with E-state index in [0.717, 1.165) is 51.1 Å². The van der Waals surface area contributed by atoms with Crippen molar-refractivity contribution in [3.05, 3.63) is 35.1 Å². The molecule has 0 radical (unpaired) electrons. The Kier molecular flexibility index (Phi) is 14.3. The standard InChI is InChI=1S/C29H55N3O/c1-10-14-23(4)16-17-24(5)29(33)26(7)28(27(12-3)15-13-18-30(8)9)32-21-19-31(20-22-32)25(6)11-2/h15-17,23,25-26,28,33H,10-14,18-22H2,1-9H3/b17-16-,27-15?,29-24-. The fourth-order valence-electron chi connectivity index (χ4n) is 5.02. The fourth-order valence-corrected chi connectivity index (χ4v) is 5.02. The summed E-state index contributed by atoms with van der Waals surface area (Å²) in [6, 6.07) is 0.905. The van der Waals surface area contributed by atoms with Crippen molar-refractivity contribution >= 4 is 0 Å². The highest BCUT2D eigenvalue weighted by Gasteiger charge is 2.33. The fraction of sp³-hybridized carbons (Fsp3) is 0.793. The number of aliphatic hydroxyl groups is 1. The molecule has 4 unspecified atom stereocenters. The topological polar surface area (TPSA) is 30.0 Å². The molecule has 0 saturated carbocycles. The third-order valence-corrected chi connectivity index (χ3v) is 7.46. The Morgan fingerprint density at radius 3 is 2.12 bits per heavy atom. The Morgan fingerprint density at radius 2 is 1.61 bits per heavy atom. The summed E-state index contributed by atoms with van der Waals surface area (Å²) >= 11 is 0. The van der Waals surface area contributed by atoms with E-state index in [0.29, 0.717) is 17.7 Å². The van der Waals surface area contributed by atoms with Gasteiger partial charge in [-0.2, -0.15) is 0 Å². The molecule has 4 heteroatoms. The maximum atomic E-state index is 11.3. The summed E-state index contributed by atoms with van der Waals surface area (Å²) in [6.45, 7) is 21.1. The zero-order valence-electron chi connectivity index (χ0n) is 23.4. The summed E-state index contributed by atoms with van der Waals surface area (Å²) in [5, 5.41) is 11.3. The molecule has 4 nitrogen and oxygen atoms in total. The molecule has 0 bridgehead atoms. The number of nitrogens with zero attached hydrogens (tertiary/aromatic N) is 3. The lowest BCUT2D eigenvalue weighted by molar-refractivity contribution is 0.0640. The number of aliphatic hydroxyl groups excluding tert-OH is 1. The van der Waals surface area contributed by atoms with Gasteiger partial charge in [0.2, 0.25) is 0 Å². The maximum absolute atomic E-state index is 11.3. The average molecular weight is 462 g/mol. The van der Waals surface area contributed by atoms with E-state index >= 15 is 0 Å². The van der Waals surface area contributed by atoms with Crippen LogP contribution >= 0.6 is 0 Å². The van der Waals surface area contributed by atoms with E-state index in [1.54, 1.807) is 0 Å². The third-order valence-electron chi connectivity index (χ3n) is 7.46. The average Bonchev–Trinajstić information content (AvgIpc) is 2.80. The molecule has 192 valence electrons. The minimum atomic E-state index is 0.0804. The predicted octanol–water partition coefficient (Wildman–Crippen LogP) is 6.52. The van der Waals surface area contributed by atoms with Crippen molar-refractivity contribution < 1.29 is 5.11 Å². The number of hydrogen-bond donors (Lipinski definition) is 1. The van der Waals surface area contributed by atoms with Crippen molar-refractivity contribution in [2.45, 2.75) is 92.7 Å². The van der Waals surface area contributed by atoms with E-state index < -0.39 is 0 Å². The molecule has 0 spiro atoms. The molecule has 0 aliphatic carbocycles. The van der Waals surface area contributed by atoms with Crippen LogP contribution in [0.4, 0.5) is 0 Å². The molecule has 1 saturated heterocycles. The van der Waals surface area contributed by atoms with Crippen molar-refractivity contribution in [3.8, 4) is 0 Å². The van der Waals surface area contributed by atoms with Gasteiger partial charge in [0.1, 0.15) is 0 Å². The van der Waals surface area contributed by atoms with Gasteiger partial charge in [0.05, 0.1) is 5.76 Å². The molecule has 1 aliphatic rings. The van der Waals surface area contributed by atoms with Gasteiger partial charge in [-0.05, 0) is 65.1 Å². The number of allylic oxidation sites excluding steroid dienone is 3. The van der Waals surface area contributed by atoms with Gasteiger partial charge < -0.3 is 10.0 Å². The Balaban J connectivity index is 3.16. The Morgan fingerprint density at radius 1 is 1.00 bits per heavy atom. The first-order chi connectivity index (χ1) is 15.7. The highest BCUT2D eigenvalue weighted by Crippen LogP contribution is 2.30. The highest BCUT2D eigenvalue weighted by molar-refractivity contribution is 5.26. The Hall–Kier alpha value is -1.10. The van der Waals surface area contributed by atoms with E-state index in [2.05, 4.69) is 95.5 Å². The van der Waals surface area contributed by atoms with Crippen molar-refractivity contribution in [2.75, 3.05) is 46.8 Å². The summed E-state index contributed by atoms with van der Waals surface area (Å²) in [7, 11) is 4.27. The van der Waals surface area contributed by atoms with Gasteiger partial charge in [-0.25, -0.2) is 0 Å². The van der Waals surface area contributed by atoms with Crippen LogP contribution in [0.3, 0.4) is 0 Å². The molecular weight excluding hydrogens is 406 g/mol. The SMILES string of the molecule is CCCC(C)/C=C\C(C)=C(/O)C(C)C(C(=CCCN(C)C)CC)N1CCN(C(C)CC)CC1. The first-order valence-corrected chi connectivity index (χ1v) is 13.6. The Labute approximate surface area is 206 Å². The molecule has 1 N–H and O–H groups in total. The second kappa shape index (κ2) is 15.7. The quantitative estimate of drug-likeness (QED) is 0.181. The minimum Gasteiger partial charge on any atom is -0.512 e. The number of hydrogen-bond acceptors (Lipinski definition) is 4. The summed E-state index contributed by atoms with van der Waals surface area (Å²) in [6.07, 6.45) is 12.5. The van der Waals surface area contributed by atoms with Crippen LogP contribution in [-0.4, -0.2) is 78.7 Å². The lowest BCUT2D eigenvalue weighted by Gasteiger charge is -2.44. The van der Waals surface area contributed by atoms with Gasteiger partial charge in [0.15, 0.2) is 0 Å². The van der Waals surface area contributed by atoms with Gasteiger partial charge in [-0.1, -0.05) is 64.8 Å². The van der Waals surface area contributed by atoms with Crippen molar-refractivity contribution in [1.82, 2.24) is 14.7 Å². The minimum absolute atomic E-state index is 0.0804. The van der Waals surface area contributed by atoms with Crippen LogP contribution in [0.1, 0.15) is 80.6 Å². The normalized spacial score (nSPS) is 21.3.